The number of halogens is 2. The van der Waals surface area contributed by atoms with E-state index >= 15 is 0 Å². The van der Waals surface area contributed by atoms with Crippen LogP contribution >= 0.6 is 28.3 Å². The van der Waals surface area contributed by atoms with E-state index in [4.69, 9.17) is 0 Å². The highest BCUT2D eigenvalue weighted by Crippen LogP contribution is 2.13. The molecule has 1 aliphatic rings. The number of nitrogens with zero attached hydrogens (tertiary/aromatic N) is 3. The number of hydrogen-bond donors (Lipinski definition) is 2. The lowest BCUT2D eigenvalue weighted by atomic mass is 10.1. The topological polar surface area (TPSA) is 71.8 Å². The van der Waals surface area contributed by atoms with E-state index in [1.807, 2.05) is 24.3 Å². The van der Waals surface area contributed by atoms with Crippen molar-refractivity contribution in [3.05, 3.63) is 40.6 Å². The van der Waals surface area contributed by atoms with Crippen LogP contribution in [0.4, 0.5) is 5.95 Å². The summed E-state index contributed by atoms with van der Waals surface area (Å²) in [5.74, 6) is 0.317. The van der Waals surface area contributed by atoms with Gasteiger partial charge < -0.3 is 5.32 Å². The van der Waals surface area contributed by atoms with Gasteiger partial charge >= 0.3 is 0 Å². The maximum absolute atomic E-state index is 11.9. The summed E-state index contributed by atoms with van der Waals surface area (Å²) in [6.45, 7) is 1.62. The summed E-state index contributed by atoms with van der Waals surface area (Å²) < 4.78 is 2.74. The zero-order valence-corrected chi connectivity index (χ0v) is 14.9. The minimum Gasteiger partial charge on any atom is -0.313 e. The lowest BCUT2D eigenvalue weighted by Crippen LogP contribution is -2.27. The summed E-state index contributed by atoms with van der Waals surface area (Å²) in [6.07, 6.45) is 4.29. The van der Waals surface area contributed by atoms with Gasteiger partial charge in [-0.2, -0.15) is 0 Å². The minimum atomic E-state index is -0.0420. The van der Waals surface area contributed by atoms with Crippen LogP contribution in [0.3, 0.4) is 0 Å². The first-order valence-electron chi connectivity index (χ1n) is 7.36. The van der Waals surface area contributed by atoms with Crippen molar-refractivity contribution in [3.8, 4) is 0 Å². The molecule has 0 bridgehead atoms. The third-order valence-electron chi connectivity index (χ3n) is 3.62. The van der Waals surface area contributed by atoms with Crippen molar-refractivity contribution in [2.75, 3.05) is 11.9 Å². The molecule has 1 fully saturated rings. The molecule has 0 radical (unpaired) electrons. The molecule has 0 aliphatic carbocycles. The Morgan fingerprint density at radius 1 is 1.48 bits per heavy atom. The highest BCUT2D eigenvalue weighted by atomic mass is 79.9. The fourth-order valence-electron chi connectivity index (χ4n) is 2.58. The van der Waals surface area contributed by atoms with Crippen molar-refractivity contribution in [3.63, 3.8) is 0 Å². The number of hydrogen-bond acceptors (Lipinski definition) is 4. The lowest BCUT2D eigenvalue weighted by Gasteiger charge is -2.08. The Balaban J connectivity index is 0.00000192. The Kier molecular flexibility index (Phi) is 6.56. The maximum Gasteiger partial charge on any atom is 0.248 e. The molecular weight excluding hydrogens is 382 g/mol. The molecule has 2 N–H and O–H groups in total. The Labute approximate surface area is 149 Å². The molecule has 6 nitrogen and oxygen atoms in total. The average Bonchev–Trinajstić information content (AvgIpc) is 3.11. The first-order chi connectivity index (χ1) is 10.7. The van der Waals surface area contributed by atoms with Crippen LogP contribution in [0.2, 0.25) is 0 Å². The second-order valence-corrected chi connectivity index (χ2v) is 6.36. The number of anilines is 1. The van der Waals surface area contributed by atoms with Crippen LogP contribution in [0.15, 0.2) is 35.1 Å². The van der Waals surface area contributed by atoms with Crippen molar-refractivity contribution in [1.29, 1.82) is 0 Å². The summed E-state index contributed by atoms with van der Waals surface area (Å²) in [5.41, 5.74) is 1.12. The quantitative estimate of drug-likeness (QED) is 0.809. The first kappa shape index (κ1) is 17.9. The van der Waals surface area contributed by atoms with Crippen LogP contribution in [0.5, 0.6) is 0 Å². The van der Waals surface area contributed by atoms with Crippen molar-refractivity contribution < 1.29 is 4.79 Å². The normalized spacial score (nSPS) is 16.8. The second kappa shape index (κ2) is 8.42. The molecule has 1 unspecified atom stereocenters. The van der Waals surface area contributed by atoms with Crippen molar-refractivity contribution in [2.24, 2.45) is 0 Å². The van der Waals surface area contributed by atoms with Gasteiger partial charge in [0, 0.05) is 16.9 Å². The molecule has 1 amide bonds. The summed E-state index contributed by atoms with van der Waals surface area (Å²) >= 11 is 3.45. The van der Waals surface area contributed by atoms with Crippen LogP contribution < -0.4 is 10.6 Å². The molecule has 23 heavy (non-hydrogen) atoms. The third kappa shape index (κ3) is 5.30. The van der Waals surface area contributed by atoms with E-state index in [-0.39, 0.29) is 24.4 Å². The summed E-state index contributed by atoms with van der Waals surface area (Å²) in [4.78, 5) is 16.1. The van der Waals surface area contributed by atoms with E-state index < -0.39 is 0 Å². The van der Waals surface area contributed by atoms with Crippen LogP contribution in [0.1, 0.15) is 24.8 Å². The molecule has 1 aromatic carbocycles. The van der Waals surface area contributed by atoms with Gasteiger partial charge in [0.25, 0.3) is 0 Å². The molecule has 1 saturated heterocycles. The number of aromatic nitrogens is 3. The van der Waals surface area contributed by atoms with Gasteiger partial charge in [0.1, 0.15) is 6.33 Å². The highest BCUT2D eigenvalue weighted by Gasteiger charge is 2.18. The van der Waals surface area contributed by atoms with E-state index in [1.54, 1.807) is 11.0 Å². The van der Waals surface area contributed by atoms with Gasteiger partial charge in [-0.25, -0.2) is 9.67 Å². The SMILES string of the molecule is Cl.O=C(CC1CCCN1)Nc1ncn(Cc2cccc(Br)c2)n1. The first-order valence-corrected chi connectivity index (χ1v) is 8.15. The zero-order valence-electron chi connectivity index (χ0n) is 12.5. The molecule has 8 heteroatoms. The van der Waals surface area contributed by atoms with Crippen LogP contribution in [0.25, 0.3) is 0 Å². The van der Waals surface area contributed by atoms with Gasteiger partial charge in [-0.05, 0) is 37.1 Å². The monoisotopic (exact) mass is 399 g/mol. The third-order valence-corrected chi connectivity index (χ3v) is 4.11. The Bertz CT molecular complexity index is 657. The average molecular weight is 401 g/mol. The van der Waals surface area contributed by atoms with Crippen LogP contribution in [-0.2, 0) is 11.3 Å². The molecule has 1 aliphatic heterocycles. The summed E-state index contributed by atoms with van der Waals surface area (Å²) in [5, 5.41) is 10.3. The molecule has 3 rings (SSSR count). The number of rotatable bonds is 5. The molecule has 1 atom stereocenters. The van der Waals surface area contributed by atoms with Gasteiger partial charge in [-0.15, -0.1) is 17.5 Å². The van der Waals surface area contributed by atoms with Gasteiger partial charge in [0.15, 0.2) is 0 Å². The minimum absolute atomic E-state index is 0. The van der Waals surface area contributed by atoms with Crippen LogP contribution in [-0.4, -0.2) is 33.3 Å². The number of carbonyl (C=O) groups is 1. The Morgan fingerprint density at radius 2 is 2.35 bits per heavy atom. The molecule has 2 aromatic rings. The number of carbonyl (C=O) groups excluding carboxylic acids is 1. The Morgan fingerprint density at radius 3 is 3.09 bits per heavy atom. The fourth-order valence-corrected chi connectivity index (χ4v) is 3.03. The molecule has 0 spiro atoms. The number of nitrogens with one attached hydrogen (secondary N) is 2. The van der Waals surface area contributed by atoms with E-state index in [0.717, 1.165) is 29.4 Å². The highest BCUT2D eigenvalue weighted by molar-refractivity contribution is 9.10. The fraction of sp³-hybridized carbons (Fsp3) is 0.400. The van der Waals surface area contributed by atoms with E-state index in [1.165, 1.54) is 0 Å². The Hall–Kier alpha value is -1.44. The predicted octanol–water partition coefficient (Wildman–Crippen LogP) is 2.59. The molecule has 1 aromatic heterocycles. The molecule has 124 valence electrons. The number of benzene rings is 1. The summed E-state index contributed by atoms with van der Waals surface area (Å²) in [7, 11) is 0. The van der Waals surface area contributed by atoms with Crippen molar-refractivity contribution >= 4 is 40.2 Å². The molecule has 0 saturated carbocycles. The lowest BCUT2D eigenvalue weighted by molar-refractivity contribution is -0.116. The molecular formula is C15H19BrClN5O. The van der Waals surface area contributed by atoms with Gasteiger partial charge in [0.2, 0.25) is 11.9 Å². The van der Waals surface area contributed by atoms with E-state index in [2.05, 4.69) is 36.6 Å². The predicted molar refractivity (Wildman–Crippen MR) is 94.8 cm³/mol. The van der Waals surface area contributed by atoms with E-state index in [0.29, 0.717) is 18.9 Å². The van der Waals surface area contributed by atoms with Gasteiger partial charge in [0.05, 0.1) is 6.54 Å². The van der Waals surface area contributed by atoms with Crippen molar-refractivity contribution in [2.45, 2.75) is 31.8 Å². The number of amides is 1. The van der Waals surface area contributed by atoms with E-state index in [9.17, 15) is 4.79 Å². The maximum atomic E-state index is 11.9. The second-order valence-electron chi connectivity index (χ2n) is 5.44. The zero-order chi connectivity index (χ0) is 15.4. The largest absolute Gasteiger partial charge is 0.313 e. The van der Waals surface area contributed by atoms with Gasteiger partial charge in [-0.3, -0.25) is 10.1 Å². The summed E-state index contributed by atoms with van der Waals surface area (Å²) in [6, 6.07) is 8.30. The smallest absolute Gasteiger partial charge is 0.248 e. The van der Waals surface area contributed by atoms with Crippen LogP contribution in [0, 0.1) is 0 Å². The standard InChI is InChI=1S/C15H18BrN5O.ClH/c16-12-4-1-3-11(7-12)9-21-10-18-15(20-21)19-14(22)8-13-5-2-6-17-13;/h1,3-4,7,10,13,17H,2,5-6,8-9H2,(H,19,20,22);1H. The molecule has 2 heterocycles. The van der Waals surface area contributed by atoms with Gasteiger partial charge in [-0.1, -0.05) is 28.1 Å². The van der Waals surface area contributed by atoms with Crippen molar-refractivity contribution in [1.82, 2.24) is 20.1 Å².